The van der Waals surface area contributed by atoms with Crippen molar-refractivity contribution in [3.63, 3.8) is 0 Å². The smallest absolute Gasteiger partial charge is 0.322 e. The molecule has 5 nitrogen and oxygen atoms in total. The summed E-state index contributed by atoms with van der Waals surface area (Å²) in [6, 6.07) is 16.1. The number of halogens is 3. The van der Waals surface area contributed by atoms with Crippen LogP contribution in [-0.4, -0.2) is 23.3 Å². The maximum absolute atomic E-state index is 13.4. The number of hydrogen-bond acceptors (Lipinski definition) is 3. The first-order valence-corrected chi connectivity index (χ1v) is 12.8. The molecule has 0 atom stereocenters. The average Bonchev–Trinajstić information content (AvgIpc) is 3.16. The summed E-state index contributed by atoms with van der Waals surface area (Å²) in [6.45, 7) is 0.571. The van der Waals surface area contributed by atoms with Gasteiger partial charge < -0.3 is 10.2 Å². The van der Waals surface area contributed by atoms with Crippen LogP contribution < -0.4 is 10.2 Å². The molecule has 0 saturated carbocycles. The van der Waals surface area contributed by atoms with Crippen molar-refractivity contribution in [3.05, 3.63) is 94.8 Å². The van der Waals surface area contributed by atoms with E-state index in [-0.39, 0.29) is 18.2 Å². The minimum absolute atomic E-state index is 0.0240. The molecule has 1 aliphatic heterocycles. The molecule has 38 heavy (non-hydrogen) atoms. The fraction of sp³-hybridized carbons (Fsp3) is 0.300. The Balaban J connectivity index is 1.34. The summed E-state index contributed by atoms with van der Waals surface area (Å²) < 4.78 is 39.1. The molecule has 0 radical (unpaired) electrons. The third-order valence-electron chi connectivity index (χ3n) is 7.15. The van der Waals surface area contributed by atoms with E-state index < -0.39 is 11.7 Å². The Hall–Kier alpha value is -3.94. The summed E-state index contributed by atoms with van der Waals surface area (Å²) >= 11 is 0. The third kappa shape index (κ3) is 5.64. The summed E-state index contributed by atoms with van der Waals surface area (Å²) in [4.78, 5) is 32.3. The van der Waals surface area contributed by atoms with Gasteiger partial charge in [0.2, 0.25) is 5.91 Å². The van der Waals surface area contributed by atoms with Crippen molar-refractivity contribution < 1.29 is 22.8 Å². The molecule has 1 aromatic heterocycles. The molecular formula is C30H28F3N3O2. The summed E-state index contributed by atoms with van der Waals surface area (Å²) in [5, 5.41) is 3.00. The minimum Gasteiger partial charge on any atom is -0.322 e. The monoisotopic (exact) mass is 519 g/mol. The molecule has 0 bridgehead atoms. The maximum atomic E-state index is 13.4. The number of nitrogens with zero attached hydrogens (tertiary/aromatic N) is 2. The SMILES string of the molecule is O=C(Nc1ccc2c(c1)CCN2C(=O)Cc1ccccn1)C1=C(c2ccc(C(F)(F)F)cc2)CCCCC1. The number of alkyl halides is 3. The Kier molecular flexibility index (Phi) is 7.31. The van der Waals surface area contributed by atoms with Crippen LogP contribution in [0.25, 0.3) is 5.57 Å². The molecule has 0 fully saturated rings. The number of anilines is 2. The van der Waals surface area contributed by atoms with Crippen LogP contribution in [0.1, 0.15) is 54.5 Å². The van der Waals surface area contributed by atoms with E-state index in [1.54, 1.807) is 17.2 Å². The van der Waals surface area contributed by atoms with E-state index in [2.05, 4.69) is 10.3 Å². The van der Waals surface area contributed by atoms with Crippen LogP contribution in [0.15, 0.2) is 72.4 Å². The molecule has 0 unspecified atom stereocenters. The molecule has 196 valence electrons. The van der Waals surface area contributed by atoms with E-state index >= 15 is 0 Å². The summed E-state index contributed by atoms with van der Waals surface area (Å²) in [5.74, 6) is -0.258. The van der Waals surface area contributed by atoms with E-state index in [0.717, 1.165) is 53.9 Å². The molecule has 0 spiro atoms. The predicted octanol–water partition coefficient (Wildman–Crippen LogP) is 6.59. The highest BCUT2D eigenvalue weighted by Gasteiger charge is 2.30. The maximum Gasteiger partial charge on any atom is 0.416 e. The molecule has 8 heteroatoms. The third-order valence-corrected chi connectivity index (χ3v) is 7.15. The highest BCUT2D eigenvalue weighted by Crippen LogP contribution is 2.36. The van der Waals surface area contributed by atoms with Crippen LogP contribution in [-0.2, 0) is 28.6 Å². The molecule has 2 aromatic carbocycles. The Labute approximate surface area is 219 Å². The summed E-state index contributed by atoms with van der Waals surface area (Å²) in [6.07, 6.45) is 2.09. The Morgan fingerprint density at radius 2 is 1.71 bits per heavy atom. The number of pyridine rings is 1. The quantitative estimate of drug-likeness (QED) is 0.414. The summed E-state index contributed by atoms with van der Waals surface area (Å²) in [5.41, 5.74) is 4.55. The van der Waals surface area contributed by atoms with Crippen molar-refractivity contribution in [1.29, 1.82) is 0 Å². The van der Waals surface area contributed by atoms with Crippen molar-refractivity contribution in [2.45, 2.75) is 51.1 Å². The topological polar surface area (TPSA) is 62.3 Å². The second kappa shape index (κ2) is 10.8. The predicted molar refractivity (Wildman–Crippen MR) is 141 cm³/mol. The van der Waals surface area contributed by atoms with Crippen LogP contribution in [0.2, 0.25) is 0 Å². The number of benzene rings is 2. The Morgan fingerprint density at radius 1 is 0.921 bits per heavy atom. The first-order valence-electron chi connectivity index (χ1n) is 12.8. The van der Waals surface area contributed by atoms with Gasteiger partial charge in [-0.3, -0.25) is 14.6 Å². The van der Waals surface area contributed by atoms with E-state index in [4.69, 9.17) is 0 Å². The number of aromatic nitrogens is 1. The lowest BCUT2D eigenvalue weighted by Crippen LogP contribution is -2.30. The lowest BCUT2D eigenvalue weighted by molar-refractivity contribution is -0.137. The molecular weight excluding hydrogens is 491 g/mol. The number of nitrogens with one attached hydrogen (secondary N) is 1. The number of fused-ring (bicyclic) bond motifs is 1. The minimum atomic E-state index is -4.40. The normalized spacial score (nSPS) is 15.7. The van der Waals surface area contributed by atoms with Crippen LogP contribution in [0.3, 0.4) is 0 Å². The molecule has 0 saturated heterocycles. The number of rotatable bonds is 5. The lowest BCUT2D eigenvalue weighted by atomic mass is 9.94. The van der Waals surface area contributed by atoms with Crippen molar-refractivity contribution in [2.24, 2.45) is 0 Å². The van der Waals surface area contributed by atoms with Crippen LogP contribution in [0, 0.1) is 0 Å². The van der Waals surface area contributed by atoms with E-state index in [1.807, 2.05) is 30.3 Å². The van der Waals surface area contributed by atoms with E-state index in [1.165, 1.54) is 12.1 Å². The second-order valence-corrected chi connectivity index (χ2v) is 9.68. The fourth-order valence-corrected chi connectivity index (χ4v) is 5.21. The van der Waals surface area contributed by atoms with Gasteiger partial charge in [-0.25, -0.2) is 0 Å². The lowest BCUT2D eigenvalue weighted by Gasteiger charge is -2.18. The van der Waals surface area contributed by atoms with Gasteiger partial charge in [0.05, 0.1) is 12.0 Å². The molecule has 3 aromatic rings. The molecule has 2 heterocycles. The van der Waals surface area contributed by atoms with Gasteiger partial charge in [-0.1, -0.05) is 24.6 Å². The molecule has 5 rings (SSSR count). The first-order chi connectivity index (χ1) is 18.3. The number of hydrogen-bond donors (Lipinski definition) is 1. The van der Waals surface area contributed by atoms with Crippen LogP contribution >= 0.6 is 0 Å². The molecule has 2 aliphatic rings. The Bertz CT molecular complexity index is 1370. The van der Waals surface area contributed by atoms with Crippen molar-refractivity contribution in [1.82, 2.24) is 4.98 Å². The van der Waals surface area contributed by atoms with Gasteiger partial charge in [-0.2, -0.15) is 13.2 Å². The summed E-state index contributed by atoms with van der Waals surface area (Å²) in [7, 11) is 0. The van der Waals surface area contributed by atoms with Crippen molar-refractivity contribution >= 4 is 28.8 Å². The van der Waals surface area contributed by atoms with Gasteiger partial charge >= 0.3 is 6.18 Å². The fourth-order valence-electron chi connectivity index (χ4n) is 5.21. The zero-order valence-electron chi connectivity index (χ0n) is 20.9. The standard InChI is InChI=1S/C30H28F3N3O2/c31-30(32,33)22-11-9-20(10-12-22)25-7-2-1-3-8-26(25)29(38)35-24-13-14-27-21(18-24)15-17-36(27)28(37)19-23-6-4-5-16-34-23/h4-6,9-14,16,18H,1-3,7-8,15,17,19H2,(H,35,38). The number of carbonyl (C=O) groups excluding carboxylic acids is 2. The first kappa shape index (κ1) is 25.7. The van der Waals surface area contributed by atoms with Gasteiger partial charge in [0, 0.05) is 35.4 Å². The molecule has 1 N–H and O–H groups in total. The number of carbonyl (C=O) groups is 2. The van der Waals surface area contributed by atoms with E-state index in [9.17, 15) is 22.8 Å². The molecule has 2 amide bonds. The van der Waals surface area contributed by atoms with Crippen molar-refractivity contribution in [3.8, 4) is 0 Å². The van der Waals surface area contributed by atoms with Crippen LogP contribution in [0.5, 0.6) is 0 Å². The van der Waals surface area contributed by atoms with Crippen LogP contribution in [0.4, 0.5) is 24.5 Å². The highest BCUT2D eigenvalue weighted by atomic mass is 19.4. The molecule has 1 aliphatic carbocycles. The number of amides is 2. The van der Waals surface area contributed by atoms with Gasteiger partial charge in [-0.15, -0.1) is 0 Å². The van der Waals surface area contributed by atoms with Crippen molar-refractivity contribution in [2.75, 3.05) is 16.8 Å². The number of allylic oxidation sites excluding steroid dienone is 1. The zero-order chi connectivity index (χ0) is 26.7. The van der Waals surface area contributed by atoms with E-state index in [0.29, 0.717) is 42.6 Å². The Morgan fingerprint density at radius 3 is 2.45 bits per heavy atom. The van der Waals surface area contributed by atoms with Gasteiger partial charge in [0.15, 0.2) is 0 Å². The van der Waals surface area contributed by atoms with Gasteiger partial charge in [0.25, 0.3) is 5.91 Å². The van der Waals surface area contributed by atoms with Gasteiger partial charge in [-0.05, 0) is 91.3 Å². The largest absolute Gasteiger partial charge is 0.416 e. The van der Waals surface area contributed by atoms with Gasteiger partial charge in [0.1, 0.15) is 0 Å². The highest BCUT2D eigenvalue weighted by molar-refractivity contribution is 6.09. The average molecular weight is 520 g/mol. The zero-order valence-corrected chi connectivity index (χ0v) is 20.9. The second-order valence-electron chi connectivity index (χ2n) is 9.68.